The van der Waals surface area contributed by atoms with Crippen molar-refractivity contribution in [1.82, 2.24) is 5.32 Å². The van der Waals surface area contributed by atoms with Crippen molar-refractivity contribution in [2.75, 3.05) is 6.54 Å². The number of furan rings is 1. The standard InChI is InChI=1S/C23H25NO4S/c1-15-7-8-17(3)21(12-15)29(26,27)22(20-6-5-11-28-20)14-24-23(25)19-10-9-16(2)18(4)13-19/h5-13,22H,14H2,1-4H3,(H,24,25)/t22-/m1/s1. The third kappa shape index (κ3) is 4.43. The maximum atomic E-state index is 13.4. The molecule has 5 nitrogen and oxygen atoms in total. The Morgan fingerprint density at radius 2 is 1.69 bits per heavy atom. The molecular formula is C23H25NO4S. The summed E-state index contributed by atoms with van der Waals surface area (Å²) < 4.78 is 32.3. The van der Waals surface area contributed by atoms with Crippen molar-refractivity contribution in [3.8, 4) is 0 Å². The normalized spacial score (nSPS) is 12.6. The van der Waals surface area contributed by atoms with Gasteiger partial charge in [0, 0.05) is 12.1 Å². The highest BCUT2D eigenvalue weighted by molar-refractivity contribution is 7.91. The molecule has 1 atom stereocenters. The number of rotatable bonds is 6. The van der Waals surface area contributed by atoms with Gasteiger partial charge in [0.05, 0.1) is 11.2 Å². The van der Waals surface area contributed by atoms with E-state index in [9.17, 15) is 13.2 Å². The minimum Gasteiger partial charge on any atom is -0.468 e. The van der Waals surface area contributed by atoms with Crippen LogP contribution in [0.3, 0.4) is 0 Å². The van der Waals surface area contributed by atoms with Gasteiger partial charge < -0.3 is 9.73 Å². The first-order chi connectivity index (χ1) is 13.7. The fourth-order valence-electron chi connectivity index (χ4n) is 3.17. The van der Waals surface area contributed by atoms with Gasteiger partial charge in [-0.2, -0.15) is 0 Å². The minimum absolute atomic E-state index is 0.0883. The monoisotopic (exact) mass is 411 g/mol. The Balaban J connectivity index is 1.91. The van der Waals surface area contributed by atoms with Crippen molar-refractivity contribution in [2.24, 2.45) is 0 Å². The second-order valence-corrected chi connectivity index (χ2v) is 9.43. The van der Waals surface area contributed by atoms with E-state index in [1.165, 1.54) is 6.26 Å². The molecule has 0 aliphatic rings. The summed E-state index contributed by atoms with van der Waals surface area (Å²) in [4.78, 5) is 12.9. The lowest BCUT2D eigenvalue weighted by Crippen LogP contribution is -2.32. The fourth-order valence-corrected chi connectivity index (χ4v) is 5.09. The van der Waals surface area contributed by atoms with E-state index in [4.69, 9.17) is 4.42 Å². The molecule has 3 rings (SSSR count). The Morgan fingerprint density at radius 1 is 0.966 bits per heavy atom. The molecule has 1 heterocycles. The topological polar surface area (TPSA) is 76.4 Å². The highest BCUT2D eigenvalue weighted by atomic mass is 32.2. The third-order valence-electron chi connectivity index (χ3n) is 5.10. The zero-order valence-corrected chi connectivity index (χ0v) is 17.8. The quantitative estimate of drug-likeness (QED) is 0.650. The summed E-state index contributed by atoms with van der Waals surface area (Å²) in [7, 11) is -3.78. The Kier molecular flexibility index (Phi) is 5.94. The van der Waals surface area contributed by atoms with Gasteiger partial charge in [-0.15, -0.1) is 0 Å². The van der Waals surface area contributed by atoms with Crippen molar-refractivity contribution >= 4 is 15.7 Å². The molecule has 29 heavy (non-hydrogen) atoms. The molecule has 0 fully saturated rings. The Hall–Kier alpha value is -2.86. The highest BCUT2D eigenvalue weighted by Gasteiger charge is 2.33. The van der Waals surface area contributed by atoms with Crippen molar-refractivity contribution in [3.63, 3.8) is 0 Å². The maximum Gasteiger partial charge on any atom is 0.251 e. The van der Waals surface area contributed by atoms with Crippen LogP contribution in [0.1, 0.15) is 43.6 Å². The summed E-state index contributed by atoms with van der Waals surface area (Å²) in [6, 6.07) is 14.0. The molecule has 6 heteroatoms. The molecule has 1 aromatic heterocycles. The van der Waals surface area contributed by atoms with Crippen LogP contribution in [0, 0.1) is 27.7 Å². The van der Waals surface area contributed by atoms with Crippen molar-refractivity contribution < 1.29 is 17.6 Å². The summed E-state index contributed by atoms with van der Waals surface area (Å²) in [5.74, 6) is -0.0212. The van der Waals surface area contributed by atoms with E-state index in [2.05, 4.69) is 5.32 Å². The smallest absolute Gasteiger partial charge is 0.251 e. The van der Waals surface area contributed by atoms with E-state index >= 15 is 0 Å². The number of aryl methyl sites for hydroxylation is 4. The molecule has 0 unspecified atom stereocenters. The van der Waals surface area contributed by atoms with Gasteiger partial charge >= 0.3 is 0 Å². The molecule has 0 saturated carbocycles. The minimum atomic E-state index is -3.78. The first-order valence-corrected chi connectivity index (χ1v) is 10.9. The summed E-state index contributed by atoms with van der Waals surface area (Å²) in [5, 5.41) is 1.75. The van der Waals surface area contributed by atoms with Gasteiger partial charge in [-0.25, -0.2) is 8.42 Å². The lowest BCUT2D eigenvalue weighted by atomic mass is 10.1. The van der Waals surface area contributed by atoms with Crippen LogP contribution in [-0.2, 0) is 9.84 Å². The molecule has 0 bridgehead atoms. The number of amides is 1. The molecule has 0 radical (unpaired) electrons. The number of hydrogen-bond donors (Lipinski definition) is 1. The highest BCUT2D eigenvalue weighted by Crippen LogP contribution is 2.31. The van der Waals surface area contributed by atoms with Crippen LogP contribution in [0.15, 0.2) is 64.1 Å². The number of hydrogen-bond acceptors (Lipinski definition) is 4. The van der Waals surface area contributed by atoms with E-state index in [0.717, 1.165) is 16.7 Å². The van der Waals surface area contributed by atoms with Gasteiger partial charge in [-0.3, -0.25) is 4.79 Å². The Bertz CT molecular complexity index is 1130. The van der Waals surface area contributed by atoms with Crippen LogP contribution in [-0.4, -0.2) is 20.9 Å². The molecule has 1 N–H and O–H groups in total. The van der Waals surface area contributed by atoms with Crippen molar-refractivity contribution in [3.05, 3.63) is 88.4 Å². The molecule has 3 aromatic rings. The Labute approximate surface area is 171 Å². The van der Waals surface area contributed by atoms with Crippen LogP contribution >= 0.6 is 0 Å². The molecule has 0 aliphatic heterocycles. The van der Waals surface area contributed by atoms with E-state index in [-0.39, 0.29) is 17.3 Å². The van der Waals surface area contributed by atoms with Gasteiger partial charge in [0.15, 0.2) is 9.84 Å². The number of nitrogens with one attached hydrogen (secondary N) is 1. The fraction of sp³-hybridized carbons (Fsp3) is 0.261. The summed E-state index contributed by atoms with van der Waals surface area (Å²) >= 11 is 0. The summed E-state index contributed by atoms with van der Waals surface area (Å²) in [6.45, 7) is 7.43. The van der Waals surface area contributed by atoms with Gasteiger partial charge in [0.25, 0.3) is 5.91 Å². The van der Waals surface area contributed by atoms with Crippen molar-refractivity contribution in [2.45, 2.75) is 37.8 Å². The van der Waals surface area contributed by atoms with Gasteiger partial charge in [0.2, 0.25) is 0 Å². The van der Waals surface area contributed by atoms with Crippen LogP contribution in [0.2, 0.25) is 0 Å². The number of carbonyl (C=O) groups excluding carboxylic acids is 1. The lowest BCUT2D eigenvalue weighted by molar-refractivity contribution is 0.0953. The van der Waals surface area contributed by atoms with Gasteiger partial charge in [-0.05, 0) is 80.3 Å². The van der Waals surface area contributed by atoms with E-state index in [0.29, 0.717) is 16.9 Å². The zero-order valence-electron chi connectivity index (χ0n) is 17.0. The van der Waals surface area contributed by atoms with E-state index in [1.807, 2.05) is 32.9 Å². The molecule has 0 aliphatic carbocycles. The van der Waals surface area contributed by atoms with Crippen molar-refractivity contribution in [1.29, 1.82) is 0 Å². The lowest BCUT2D eigenvalue weighted by Gasteiger charge is -2.18. The van der Waals surface area contributed by atoms with E-state index < -0.39 is 15.1 Å². The predicted octanol–water partition coefficient (Wildman–Crippen LogP) is 4.46. The zero-order chi connectivity index (χ0) is 21.2. The first kappa shape index (κ1) is 20.9. The van der Waals surface area contributed by atoms with Gasteiger partial charge in [0.1, 0.15) is 11.0 Å². The second kappa shape index (κ2) is 8.25. The summed E-state index contributed by atoms with van der Waals surface area (Å²) in [5.41, 5.74) is 4.10. The number of benzene rings is 2. The molecule has 152 valence electrons. The maximum absolute atomic E-state index is 13.4. The third-order valence-corrected chi connectivity index (χ3v) is 7.30. The first-order valence-electron chi connectivity index (χ1n) is 9.40. The molecular weight excluding hydrogens is 386 g/mol. The molecule has 0 saturated heterocycles. The van der Waals surface area contributed by atoms with Crippen LogP contribution < -0.4 is 5.32 Å². The summed E-state index contributed by atoms with van der Waals surface area (Å²) in [6.07, 6.45) is 1.44. The van der Waals surface area contributed by atoms with Crippen LogP contribution in [0.4, 0.5) is 0 Å². The van der Waals surface area contributed by atoms with Crippen LogP contribution in [0.25, 0.3) is 0 Å². The Morgan fingerprint density at radius 3 is 2.34 bits per heavy atom. The molecule has 1 amide bonds. The largest absolute Gasteiger partial charge is 0.468 e. The van der Waals surface area contributed by atoms with Gasteiger partial charge in [-0.1, -0.05) is 18.2 Å². The number of sulfone groups is 1. The molecule has 0 spiro atoms. The van der Waals surface area contributed by atoms with Crippen LogP contribution in [0.5, 0.6) is 0 Å². The average molecular weight is 412 g/mol. The number of carbonyl (C=O) groups is 1. The predicted molar refractivity (Wildman–Crippen MR) is 113 cm³/mol. The SMILES string of the molecule is Cc1ccc(C)c(S(=O)(=O)[C@H](CNC(=O)c2ccc(C)c(C)c2)c2ccco2)c1. The average Bonchev–Trinajstić information content (AvgIpc) is 3.20. The molecule has 2 aromatic carbocycles. The second-order valence-electron chi connectivity index (χ2n) is 7.33. The van der Waals surface area contributed by atoms with E-state index in [1.54, 1.807) is 43.3 Å².